The number of benzene rings is 1. The second-order valence-corrected chi connectivity index (χ2v) is 4.48. The number of nitrogens with one attached hydrogen (secondary N) is 2. The average Bonchev–Trinajstić information content (AvgIpc) is 2.16. The molecule has 2 nitrogen and oxygen atoms in total. The molecule has 0 aromatic heterocycles. The number of hydrogen-bond acceptors (Lipinski definition) is 1. The maximum Gasteiger partial charge on any atom is 0.170 e. The van der Waals surface area contributed by atoms with E-state index in [0.717, 1.165) is 13.0 Å². The van der Waals surface area contributed by atoms with Crippen LogP contribution in [-0.2, 0) is 0 Å². The third-order valence-electron chi connectivity index (χ3n) is 2.09. The van der Waals surface area contributed by atoms with Crippen molar-refractivity contribution in [2.45, 2.75) is 20.3 Å². The van der Waals surface area contributed by atoms with E-state index in [-0.39, 0.29) is 5.82 Å². The number of thiocarbonyl (C=S) groups is 1. The summed E-state index contributed by atoms with van der Waals surface area (Å²) in [5.41, 5.74) is 0.669. The first-order valence-corrected chi connectivity index (χ1v) is 5.79. The Morgan fingerprint density at radius 1 is 1.44 bits per heavy atom. The zero-order valence-corrected chi connectivity index (χ0v) is 10.4. The summed E-state index contributed by atoms with van der Waals surface area (Å²) in [5.74, 6) is 0.374. The minimum atomic E-state index is -0.269. The molecular formula is C12H17FN2S. The first-order valence-electron chi connectivity index (χ1n) is 5.38. The Kier molecular flexibility index (Phi) is 5.19. The number of hydrogen-bond donors (Lipinski definition) is 2. The van der Waals surface area contributed by atoms with E-state index in [9.17, 15) is 4.39 Å². The van der Waals surface area contributed by atoms with Crippen LogP contribution in [0.2, 0.25) is 0 Å². The van der Waals surface area contributed by atoms with Gasteiger partial charge in [-0.25, -0.2) is 4.39 Å². The van der Waals surface area contributed by atoms with Crippen LogP contribution in [0.25, 0.3) is 0 Å². The van der Waals surface area contributed by atoms with Gasteiger partial charge in [0.1, 0.15) is 5.82 Å². The van der Waals surface area contributed by atoms with Gasteiger partial charge in [0.2, 0.25) is 0 Å². The van der Waals surface area contributed by atoms with Gasteiger partial charge in [0, 0.05) is 12.2 Å². The van der Waals surface area contributed by atoms with Crippen molar-refractivity contribution in [1.29, 1.82) is 0 Å². The SMILES string of the molecule is CC(C)CCNC(=S)Nc1cccc(F)c1. The molecule has 16 heavy (non-hydrogen) atoms. The number of halogens is 1. The topological polar surface area (TPSA) is 24.1 Å². The lowest BCUT2D eigenvalue weighted by Crippen LogP contribution is -2.29. The summed E-state index contributed by atoms with van der Waals surface area (Å²) in [5, 5.41) is 6.55. The van der Waals surface area contributed by atoms with Gasteiger partial charge in [0.15, 0.2) is 5.11 Å². The highest BCUT2D eigenvalue weighted by Crippen LogP contribution is 2.08. The van der Waals surface area contributed by atoms with Crippen LogP contribution < -0.4 is 10.6 Å². The second-order valence-electron chi connectivity index (χ2n) is 4.07. The lowest BCUT2D eigenvalue weighted by Gasteiger charge is -2.11. The smallest absolute Gasteiger partial charge is 0.170 e. The van der Waals surface area contributed by atoms with Crippen LogP contribution >= 0.6 is 12.2 Å². The van der Waals surface area contributed by atoms with Crippen molar-refractivity contribution >= 4 is 23.0 Å². The molecule has 4 heteroatoms. The summed E-state index contributed by atoms with van der Waals surface area (Å²) in [4.78, 5) is 0. The van der Waals surface area contributed by atoms with Crippen LogP contribution in [0.4, 0.5) is 10.1 Å². The van der Waals surface area contributed by atoms with Crippen molar-refractivity contribution in [3.8, 4) is 0 Å². The minimum Gasteiger partial charge on any atom is -0.362 e. The summed E-state index contributed by atoms with van der Waals surface area (Å²) in [6.07, 6.45) is 1.06. The largest absolute Gasteiger partial charge is 0.362 e. The van der Waals surface area contributed by atoms with Crippen molar-refractivity contribution < 1.29 is 4.39 Å². The van der Waals surface area contributed by atoms with Gasteiger partial charge < -0.3 is 10.6 Å². The molecule has 0 radical (unpaired) electrons. The molecule has 1 aromatic rings. The summed E-state index contributed by atoms with van der Waals surface area (Å²) in [6, 6.07) is 6.24. The molecule has 1 aromatic carbocycles. The van der Waals surface area contributed by atoms with E-state index in [2.05, 4.69) is 24.5 Å². The second kappa shape index (κ2) is 6.43. The molecule has 88 valence electrons. The molecule has 0 saturated carbocycles. The quantitative estimate of drug-likeness (QED) is 0.791. The Hall–Kier alpha value is -1.16. The zero-order valence-electron chi connectivity index (χ0n) is 9.59. The Balaban J connectivity index is 2.34. The first kappa shape index (κ1) is 12.9. The van der Waals surface area contributed by atoms with Gasteiger partial charge in [-0.1, -0.05) is 19.9 Å². The molecule has 0 aliphatic heterocycles. The molecule has 0 heterocycles. The first-order chi connectivity index (χ1) is 7.58. The molecule has 0 fully saturated rings. The van der Waals surface area contributed by atoms with Crippen molar-refractivity contribution in [3.63, 3.8) is 0 Å². The monoisotopic (exact) mass is 240 g/mol. The summed E-state index contributed by atoms with van der Waals surface area (Å²) >= 11 is 5.09. The van der Waals surface area contributed by atoms with Crippen LogP contribution in [0, 0.1) is 11.7 Å². The van der Waals surface area contributed by atoms with E-state index in [0.29, 0.717) is 16.7 Å². The van der Waals surface area contributed by atoms with Crippen molar-refractivity contribution in [2.24, 2.45) is 5.92 Å². The summed E-state index contributed by atoms with van der Waals surface area (Å²) in [7, 11) is 0. The zero-order chi connectivity index (χ0) is 12.0. The Bertz CT molecular complexity index is 353. The van der Waals surface area contributed by atoms with Gasteiger partial charge in [0.25, 0.3) is 0 Å². The van der Waals surface area contributed by atoms with E-state index in [1.807, 2.05) is 0 Å². The molecule has 1 rings (SSSR count). The van der Waals surface area contributed by atoms with Gasteiger partial charge in [0.05, 0.1) is 0 Å². The molecule has 0 amide bonds. The minimum absolute atomic E-state index is 0.269. The normalized spacial score (nSPS) is 10.2. The van der Waals surface area contributed by atoms with Crippen LogP contribution in [0.1, 0.15) is 20.3 Å². The molecule has 2 N–H and O–H groups in total. The number of anilines is 1. The van der Waals surface area contributed by atoms with Gasteiger partial charge in [-0.15, -0.1) is 0 Å². The molecule has 0 aliphatic carbocycles. The van der Waals surface area contributed by atoms with Crippen molar-refractivity contribution in [2.75, 3.05) is 11.9 Å². The lowest BCUT2D eigenvalue weighted by molar-refractivity contribution is 0.579. The lowest BCUT2D eigenvalue weighted by atomic mass is 10.1. The van der Waals surface area contributed by atoms with Crippen LogP contribution in [-0.4, -0.2) is 11.7 Å². The molecular weight excluding hydrogens is 223 g/mol. The predicted molar refractivity (Wildman–Crippen MR) is 70.1 cm³/mol. The third-order valence-corrected chi connectivity index (χ3v) is 2.34. The van der Waals surface area contributed by atoms with Gasteiger partial charge >= 0.3 is 0 Å². The molecule has 0 spiro atoms. The fraction of sp³-hybridized carbons (Fsp3) is 0.417. The Morgan fingerprint density at radius 3 is 2.81 bits per heavy atom. The van der Waals surface area contributed by atoms with E-state index < -0.39 is 0 Å². The summed E-state index contributed by atoms with van der Waals surface area (Å²) < 4.78 is 12.9. The van der Waals surface area contributed by atoms with E-state index in [4.69, 9.17) is 12.2 Å². The molecule has 0 aliphatic rings. The van der Waals surface area contributed by atoms with Crippen LogP contribution in [0.5, 0.6) is 0 Å². The van der Waals surface area contributed by atoms with Crippen molar-refractivity contribution in [3.05, 3.63) is 30.1 Å². The highest BCUT2D eigenvalue weighted by molar-refractivity contribution is 7.80. The molecule has 0 unspecified atom stereocenters. The predicted octanol–water partition coefficient (Wildman–Crippen LogP) is 3.16. The van der Waals surface area contributed by atoms with E-state index in [1.165, 1.54) is 12.1 Å². The maximum absolute atomic E-state index is 12.9. The van der Waals surface area contributed by atoms with E-state index >= 15 is 0 Å². The third kappa shape index (κ3) is 5.07. The fourth-order valence-electron chi connectivity index (χ4n) is 1.22. The highest BCUT2D eigenvalue weighted by atomic mass is 32.1. The average molecular weight is 240 g/mol. The van der Waals surface area contributed by atoms with Gasteiger partial charge in [-0.3, -0.25) is 0 Å². The maximum atomic E-state index is 12.9. The Labute approximate surface area is 101 Å². The Morgan fingerprint density at radius 2 is 2.19 bits per heavy atom. The number of rotatable bonds is 4. The van der Waals surface area contributed by atoms with Gasteiger partial charge in [-0.2, -0.15) is 0 Å². The highest BCUT2D eigenvalue weighted by Gasteiger charge is 1.99. The fourth-order valence-corrected chi connectivity index (χ4v) is 1.44. The van der Waals surface area contributed by atoms with Gasteiger partial charge in [-0.05, 0) is 42.8 Å². The summed E-state index contributed by atoms with van der Waals surface area (Å²) in [6.45, 7) is 5.15. The van der Waals surface area contributed by atoms with Crippen molar-refractivity contribution in [1.82, 2.24) is 5.32 Å². The standard InChI is InChI=1S/C12H17FN2S/c1-9(2)6-7-14-12(16)15-11-5-3-4-10(13)8-11/h3-5,8-9H,6-7H2,1-2H3,(H2,14,15,16). The molecule has 0 saturated heterocycles. The van der Waals surface area contributed by atoms with E-state index in [1.54, 1.807) is 12.1 Å². The van der Waals surface area contributed by atoms with Crippen LogP contribution in [0.15, 0.2) is 24.3 Å². The van der Waals surface area contributed by atoms with Crippen LogP contribution in [0.3, 0.4) is 0 Å². The molecule has 0 atom stereocenters. The molecule has 0 bridgehead atoms.